The topological polar surface area (TPSA) is 82.6 Å². The summed E-state index contributed by atoms with van der Waals surface area (Å²) < 4.78 is 5.32. The van der Waals surface area contributed by atoms with Gasteiger partial charge in [0.1, 0.15) is 11.4 Å². The Morgan fingerprint density at radius 3 is 2.76 bits per heavy atom. The SMILES string of the molecule is COc1cccc2[nH]c(C(=O)N3Cc4ccccc4C3C(=O)O)cc12. The van der Waals surface area contributed by atoms with Gasteiger partial charge in [-0.15, -0.1) is 0 Å². The van der Waals surface area contributed by atoms with Crippen LogP contribution < -0.4 is 4.74 Å². The summed E-state index contributed by atoms with van der Waals surface area (Å²) in [7, 11) is 1.57. The number of carbonyl (C=O) groups excluding carboxylic acids is 1. The fraction of sp³-hybridized carbons (Fsp3) is 0.158. The minimum absolute atomic E-state index is 0.276. The maximum atomic E-state index is 13.0. The van der Waals surface area contributed by atoms with E-state index in [1.54, 1.807) is 25.3 Å². The number of methoxy groups -OCH3 is 1. The number of carboxylic acid groups (broad SMARTS) is 1. The molecule has 1 aliphatic heterocycles. The van der Waals surface area contributed by atoms with E-state index in [1.165, 1.54) is 4.90 Å². The van der Waals surface area contributed by atoms with Crippen LogP contribution in [0.2, 0.25) is 0 Å². The quantitative estimate of drug-likeness (QED) is 0.770. The number of aliphatic carboxylic acids is 1. The van der Waals surface area contributed by atoms with Gasteiger partial charge in [-0.2, -0.15) is 0 Å². The number of amides is 1. The lowest BCUT2D eigenvalue weighted by molar-refractivity contribution is -0.142. The molecule has 4 rings (SSSR count). The predicted octanol–water partition coefficient (Wildman–Crippen LogP) is 2.96. The molecule has 0 saturated carbocycles. The predicted molar refractivity (Wildman–Crippen MR) is 91.5 cm³/mol. The number of carboxylic acids is 1. The maximum absolute atomic E-state index is 13.0. The molecular weight excluding hydrogens is 320 g/mol. The average molecular weight is 336 g/mol. The van der Waals surface area contributed by atoms with Crippen LogP contribution in [0.5, 0.6) is 5.75 Å². The fourth-order valence-corrected chi connectivity index (χ4v) is 3.42. The number of fused-ring (bicyclic) bond motifs is 2. The Morgan fingerprint density at radius 2 is 2.00 bits per heavy atom. The molecule has 0 bridgehead atoms. The number of aromatic nitrogens is 1. The molecule has 3 aromatic rings. The second-order valence-corrected chi connectivity index (χ2v) is 5.98. The largest absolute Gasteiger partial charge is 0.496 e. The van der Waals surface area contributed by atoms with Crippen molar-refractivity contribution in [3.8, 4) is 5.75 Å². The van der Waals surface area contributed by atoms with Crippen LogP contribution in [0.25, 0.3) is 10.9 Å². The van der Waals surface area contributed by atoms with Crippen molar-refractivity contribution < 1.29 is 19.4 Å². The second kappa shape index (κ2) is 5.66. The summed E-state index contributed by atoms with van der Waals surface area (Å²) in [5, 5.41) is 10.4. The molecule has 1 amide bonds. The highest BCUT2D eigenvalue weighted by Crippen LogP contribution is 2.35. The summed E-state index contributed by atoms with van der Waals surface area (Å²) in [5.41, 5.74) is 2.64. The molecule has 0 aliphatic carbocycles. The van der Waals surface area contributed by atoms with Gasteiger partial charge in [0.05, 0.1) is 7.11 Å². The first-order valence-electron chi connectivity index (χ1n) is 7.87. The van der Waals surface area contributed by atoms with Crippen molar-refractivity contribution in [2.45, 2.75) is 12.6 Å². The highest BCUT2D eigenvalue weighted by Gasteiger charge is 2.39. The van der Waals surface area contributed by atoms with Crippen LogP contribution in [0.3, 0.4) is 0 Å². The number of rotatable bonds is 3. The van der Waals surface area contributed by atoms with Crippen molar-refractivity contribution in [1.82, 2.24) is 9.88 Å². The Hall–Kier alpha value is -3.28. The van der Waals surface area contributed by atoms with Crippen LogP contribution in [0, 0.1) is 0 Å². The van der Waals surface area contributed by atoms with E-state index in [2.05, 4.69) is 4.98 Å². The third-order valence-electron chi connectivity index (χ3n) is 4.57. The first kappa shape index (κ1) is 15.3. The molecule has 1 unspecified atom stereocenters. The molecule has 126 valence electrons. The number of H-pyrrole nitrogens is 1. The number of hydrogen-bond donors (Lipinski definition) is 2. The normalized spacial score (nSPS) is 16.0. The third kappa shape index (κ3) is 2.34. The molecule has 2 heterocycles. The van der Waals surface area contributed by atoms with Crippen molar-refractivity contribution >= 4 is 22.8 Å². The standard InChI is InChI=1S/C19H16N2O4/c1-25-16-8-4-7-14-13(16)9-15(20-14)18(22)21-10-11-5-2-3-6-12(11)17(21)19(23)24/h2-9,17,20H,10H2,1H3,(H,23,24). The van der Waals surface area contributed by atoms with Gasteiger partial charge in [0, 0.05) is 17.4 Å². The lowest BCUT2D eigenvalue weighted by Gasteiger charge is -2.21. The molecule has 0 saturated heterocycles. The van der Waals surface area contributed by atoms with Crippen LogP contribution >= 0.6 is 0 Å². The van der Waals surface area contributed by atoms with Crippen LogP contribution in [0.1, 0.15) is 27.7 Å². The molecule has 0 radical (unpaired) electrons. The zero-order valence-corrected chi connectivity index (χ0v) is 13.5. The molecule has 1 aromatic heterocycles. The Labute approximate surface area is 143 Å². The number of nitrogens with one attached hydrogen (secondary N) is 1. The zero-order chi connectivity index (χ0) is 17.6. The summed E-state index contributed by atoms with van der Waals surface area (Å²) in [4.78, 5) is 29.2. The number of hydrogen-bond acceptors (Lipinski definition) is 3. The first-order chi connectivity index (χ1) is 12.1. The van der Waals surface area contributed by atoms with Crippen LogP contribution in [0.15, 0.2) is 48.5 Å². The summed E-state index contributed by atoms with van der Waals surface area (Å²) >= 11 is 0. The van der Waals surface area contributed by atoms with Crippen molar-refractivity contribution in [2.75, 3.05) is 7.11 Å². The Bertz CT molecular complexity index is 992. The number of aromatic amines is 1. The van der Waals surface area contributed by atoms with Crippen LogP contribution in [-0.4, -0.2) is 34.0 Å². The van der Waals surface area contributed by atoms with Crippen molar-refractivity contribution in [2.24, 2.45) is 0 Å². The van der Waals surface area contributed by atoms with E-state index in [0.29, 0.717) is 17.0 Å². The maximum Gasteiger partial charge on any atom is 0.331 e. The molecular formula is C19H16N2O4. The van der Waals surface area contributed by atoms with E-state index < -0.39 is 12.0 Å². The molecule has 25 heavy (non-hydrogen) atoms. The van der Waals surface area contributed by atoms with Gasteiger partial charge in [-0.3, -0.25) is 4.79 Å². The molecule has 6 nitrogen and oxygen atoms in total. The number of nitrogens with zero attached hydrogens (tertiary/aromatic N) is 1. The average Bonchev–Trinajstić information content (AvgIpc) is 3.22. The summed E-state index contributed by atoms with van der Waals surface area (Å²) in [6, 6.07) is 13.5. The van der Waals surface area contributed by atoms with E-state index >= 15 is 0 Å². The summed E-state index contributed by atoms with van der Waals surface area (Å²) in [6.45, 7) is 0.276. The Balaban J connectivity index is 1.75. The smallest absolute Gasteiger partial charge is 0.331 e. The monoisotopic (exact) mass is 336 g/mol. The third-order valence-corrected chi connectivity index (χ3v) is 4.57. The molecule has 2 aromatic carbocycles. The first-order valence-corrected chi connectivity index (χ1v) is 7.87. The minimum atomic E-state index is -1.04. The lowest BCUT2D eigenvalue weighted by atomic mass is 10.1. The van der Waals surface area contributed by atoms with Gasteiger partial charge in [0.25, 0.3) is 5.91 Å². The summed E-state index contributed by atoms with van der Waals surface area (Å²) in [5.74, 6) is -0.721. The van der Waals surface area contributed by atoms with Crippen LogP contribution in [0.4, 0.5) is 0 Å². The van der Waals surface area contributed by atoms with E-state index in [0.717, 1.165) is 16.5 Å². The van der Waals surface area contributed by atoms with Gasteiger partial charge in [-0.05, 0) is 29.3 Å². The van der Waals surface area contributed by atoms with Crippen molar-refractivity contribution in [1.29, 1.82) is 0 Å². The van der Waals surface area contributed by atoms with Gasteiger partial charge in [-0.1, -0.05) is 30.3 Å². The van der Waals surface area contributed by atoms with Gasteiger partial charge in [-0.25, -0.2) is 4.79 Å². The number of benzene rings is 2. The molecule has 0 spiro atoms. The van der Waals surface area contributed by atoms with Crippen molar-refractivity contribution in [3.63, 3.8) is 0 Å². The lowest BCUT2D eigenvalue weighted by Crippen LogP contribution is -2.34. The zero-order valence-electron chi connectivity index (χ0n) is 13.5. The number of ether oxygens (including phenoxy) is 1. The molecule has 1 atom stereocenters. The van der Waals surface area contributed by atoms with Gasteiger partial charge < -0.3 is 19.7 Å². The Kier molecular flexibility index (Phi) is 3.46. The Morgan fingerprint density at radius 1 is 1.20 bits per heavy atom. The van der Waals surface area contributed by atoms with Gasteiger partial charge >= 0.3 is 5.97 Å². The van der Waals surface area contributed by atoms with E-state index in [9.17, 15) is 14.7 Å². The highest BCUT2D eigenvalue weighted by molar-refractivity contribution is 6.01. The highest BCUT2D eigenvalue weighted by atomic mass is 16.5. The van der Waals surface area contributed by atoms with Crippen molar-refractivity contribution in [3.05, 3.63) is 65.4 Å². The fourth-order valence-electron chi connectivity index (χ4n) is 3.42. The molecule has 2 N–H and O–H groups in total. The van der Waals surface area contributed by atoms with Gasteiger partial charge in [0.2, 0.25) is 0 Å². The van der Waals surface area contributed by atoms with Gasteiger partial charge in [0.15, 0.2) is 6.04 Å². The second-order valence-electron chi connectivity index (χ2n) is 5.98. The minimum Gasteiger partial charge on any atom is -0.496 e. The molecule has 6 heteroatoms. The molecule has 0 fully saturated rings. The molecule has 1 aliphatic rings. The van der Waals surface area contributed by atoms with E-state index in [-0.39, 0.29) is 12.5 Å². The summed E-state index contributed by atoms with van der Waals surface area (Å²) in [6.07, 6.45) is 0. The van der Waals surface area contributed by atoms with E-state index in [4.69, 9.17) is 4.74 Å². The van der Waals surface area contributed by atoms with Crippen LogP contribution in [-0.2, 0) is 11.3 Å². The number of carbonyl (C=O) groups is 2. The van der Waals surface area contributed by atoms with E-state index in [1.807, 2.05) is 30.3 Å².